The summed E-state index contributed by atoms with van der Waals surface area (Å²) in [6.07, 6.45) is 0.910. The highest BCUT2D eigenvalue weighted by atomic mass is 32.2. The first-order valence-electron chi connectivity index (χ1n) is 6.29. The van der Waals surface area contributed by atoms with E-state index in [4.69, 9.17) is 0 Å². The van der Waals surface area contributed by atoms with Gasteiger partial charge < -0.3 is 5.32 Å². The van der Waals surface area contributed by atoms with Crippen molar-refractivity contribution >= 4 is 21.4 Å². The Morgan fingerprint density at radius 3 is 2.32 bits per heavy atom. The van der Waals surface area contributed by atoms with Crippen molar-refractivity contribution in [2.45, 2.75) is 11.3 Å². The molecule has 0 aliphatic rings. The highest BCUT2D eigenvalue weighted by molar-refractivity contribution is 7.90. The highest BCUT2D eigenvalue weighted by Gasteiger charge is 2.13. The highest BCUT2D eigenvalue weighted by Crippen LogP contribution is 2.20. The van der Waals surface area contributed by atoms with Crippen molar-refractivity contribution in [3.8, 4) is 0 Å². The summed E-state index contributed by atoms with van der Waals surface area (Å²) in [6.45, 7) is 0. The number of rotatable bonds is 4. The van der Waals surface area contributed by atoms with Crippen molar-refractivity contribution in [1.82, 2.24) is 0 Å². The molecule has 0 aliphatic carbocycles. The van der Waals surface area contributed by atoms with Crippen LogP contribution in [0, 0.1) is 11.6 Å². The Morgan fingerprint density at radius 1 is 1.09 bits per heavy atom. The van der Waals surface area contributed by atoms with Crippen LogP contribution in [0.3, 0.4) is 0 Å². The van der Waals surface area contributed by atoms with Crippen LogP contribution >= 0.6 is 0 Å². The predicted octanol–water partition coefficient (Wildman–Crippen LogP) is 2.55. The fourth-order valence-electron chi connectivity index (χ4n) is 1.81. The van der Waals surface area contributed by atoms with Crippen LogP contribution in [0.2, 0.25) is 0 Å². The summed E-state index contributed by atoms with van der Waals surface area (Å²) in [4.78, 5) is 11.8. The molecule has 0 spiro atoms. The van der Waals surface area contributed by atoms with E-state index in [1.807, 2.05) is 0 Å². The molecule has 0 fully saturated rings. The number of amides is 1. The largest absolute Gasteiger partial charge is 0.323 e. The smallest absolute Gasteiger partial charge is 0.228 e. The lowest BCUT2D eigenvalue weighted by Gasteiger charge is -2.08. The van der Waals surface area contributed by atoms with Crippen LogP contribution in [-0.2, 0) is 21.1 Å². The number of hydrogen-bond donors (Lipinski definition) is 1. The minimum absolute atomic E-state index is 0.0805. The first kappa shape index (κ1) is 16.1. The number of halogens is 2. The molecule has 0 atom stereocenters. The molecule has 0 heterocycles. The second-order valence-corrected chi connectivity index (χ2v) is 6.78. The van der Waals surface area contributed by atoms with Gasteiger partial charge in [-0.3, -0.25) is 4.79 Å². The molecule has 0 saturated heterocycles. The number of benzene rings is 2. The maximum absolute atomic E-state index is 13.7. The molecule has 1 amide bonds. The van der Waals surface area contributed by atoms with Gasteiger partial charge in [-0.15, -0.1) is 0 Å². The van der Waals surface area contributed by atoms with Crippen molar-refractivity contribution < 1.29 is 22.0 Å². The van der Waals surface area contributed by atoms with Gasteiger partial charge in [0.15, 0.2) is 9.84 Å². The van der Waals surface area contributed by atoms with Crippen molar-refractivity contribution in [2.24, 2.45) is 0 Å². The molecule has 0 saturated carbocycles. The van der Waals surface area contributed by atoms with E-state index in [2.05, 4.69) is 5.32 Å². The molecule has 4 nitrogen and oxygen atoms in total. The lowest BCUT2D eigenvalue weighted by Crippen LogP contribution is -2.15. The number of carbonyl (C=O) groups is 1. The summed E-state index contributed by atoms with van der Waals surface area (Å²) in [5.74, 6) is -1.69. The summed E-state index contributed by atoms with van der Waals surface area (Å²) >= 11 is 0. The fraction of sp³-hybridized carbons (Fsp3) is 0.133. The lowest BCUT2D eigenvalue weighted by atomic mass is 10.1. The summed E-state index contributed by atoms with van der Waals surface area (Å²) in [5, 5.41) is 2.31. The van der Waals surface area contributed by atoms with Gasteiger partial charge >= 0.3 is 0 Å². The van der Waals surface area contributed by atoms with E-state index < -0.39 is 27.4 Å². The van der Waals surface area contributed by atoms with Crippen LogP contribution < -0.4 is 5.32 Å². The van der Waals surface area contributed by atoms with E-state index in [1.54, 1.807) is 0 Å². The molecule has 2 aromatic rings. The minimum Gasteiger partial charge on any atom is -0.323 e. The number of carbonyl (C=O) groups excluding carboxylic acids is 1. The van der Waals surface area contributed by atoms with Crippen LogP contribution in [0.5, 0.6) is 0 Å². The maximum Gasteiger partial charge on any atom is 0.228 e. The van der Waals surface area contributed by atoms with E-state index in [9.17, 15) is 22.0 Å². The Labute approximate surface area is 126 Å². The molecule has 0 unspecified atom stereocenters. The Morgan fingerprint density at radius 2 is 1.73 bits per heavy atom. The molecule has 0 radical (unpaired) electrons. The molecule has 2 aromatic carbocycles. The van der Waals surface area contributed by atoms with E-state index in [1.165, 1.54) is 24.3 Å². The van der Waals surface area contributed by atoms with Crippen LogP contribution in [0.15, 0.2) is 47.4 Å². The first-order chi connectivity index (χ1) is 10.3. The molecular formula is C15H13F2NO3S. The van der Waals surface area contributed by atoms with Crippen LogP contribution in [-0.4, -0.2) is 20.6 Å². The van der Waals surface area contributed by atoms with Crippen molar-refractivity contribution in [3.63, 3.8) is 0 Å². The molecule has 116 valence electrons. The van der Waals surface area contributed by atoms with Crippen LogP contribution in [0.4, 0.5) is 14.5 Å². The third-order valence-electron chi connectivity index (χ3n) is 2.92. The quantitative estimate of drug-likeness (QED) is 0.879. The number of anilines is 1. The summed E-state index contributed by atoms with van der Waals surface area (Å²) in [7, 11) is -3.50. The van der Waals surface area contributed by atoms with Gasteiger partial charge in [-0.1, -0.05) is 12.1 Å². The molecule has 1 N–H and O–H groups in total. The van der Waals surface area contributed by atoms with Crippen molar-refractivity contribution in [1.29, 1.82) is 0 Å². The maximum atomic E-state index is 13.7. The zero-order valence-electron chi connectivity index (χ0n) is 11.6. The molecule has 7 heteroatoms. The molecule has 2 rings (SSSR count). The predicted molar refractivity (Wildman–Crippen MR) is 78.2 cm³/mol. The van der Waals surface area contributed by atoms with Gasteiger partial charge in [-0.25, -0.2) is 17.2 Å². The van der Waals surface area contributed by atoms with E-state index in [0.29, 0.717) is 5.56 Å². The van der Waals surface area contributed by atoms with Gasteiger partial charge in [-0.2, -0.15) is 0 Å². The van der Waals surface area contributed by atoms with Crippen LogP contribution in [0.25, 0.3) is 0 Å². The fourth-order valence-corrected chi connectivity index (χ4v) is 2.46. The van der Waals surface area contributed by atoms with E-state index >= 15 is 0 Å². The standard InChI is InChI=1S/C15H13F2NO3S/c1-22(20,21)12-6-7-13(17)14(9-12)18-15(19)8-10-2-4-11(16)5-3-10/h2-7,9H,8H2,1H3,(H,18,19). The van der Waals surface area contributed by atoms with Gasteiger partial charge in [-0.05, 0) is 35.9 Å². The second kappa shape index (κ2) is 6.23. The van der Waals surface area contributed by atoms with Gasteiger partial charge in [0.05, 0.1) is 17.0 Å². The number of sulfone groups is 1. The SMILES string of the molecule is CS(=O)(=O)c1ccc(F)c(NC(=O)Cc2ccc(F)cc2)c1. The van der Waals surface area contributed by atoms with Gasteiger partial charge in [0.1, 0.15) is 11.6 Å². The average molecular weight is 325 g/mol. The zero-order chi connectivity index (χ0) is 16.3. The second-order valence-electron chi connectivity index (χ2n) is 4.77. The zero-order valence-corrected chi connectivity index (χ0v) is 12.5. The molecular weight excluding hydrogens is 312 g/mol. The molecule has 0 bridgehead atoms. The monoisotopic (exact) mass is 325 g/mol. The first-order valence-corrected chi connectivity index (χ1v) is 8.19. The lowest BCUT2D eigenvalue weighted by molar-refractivity contribution is -0.115. The van der Waals surface area contributed by atoms with E-state index in [-0.39, 0.29) is 17.0 Å². The Bertz CT molecular complexity index is 802. The summed E-state index contributed by atoms with van der Waals surface area (Å²) in [6, 6.07) is 8.48. The Kier molecular flexibility index (Phi) is 4.56. The Balaban J connectivity index is 2.16. The number of hydrogen-bond acceptors (Lipinski definition) is 3. The average Bonchev–Trinajstić information content (AvgIpc) is 2.42. The normalized spacial score (nSPS) is 11.2. The van der Waals surface area contributed by atoms with Crippen LogP contribution in [0.1, 0.15) is 5.56 Å². The summed E-state index contributed by atoms with van der Waals surface area (Å²) < 4.78 is 49.3. The third-order valence-corrected chi connectivity index (χ3v) is 4.03. The minimum atomic E-state index is -3.50. The topological polar surface area (TPSA) is 63.2 Å². The summed E-state index contributed by atoms with van der Waals surface area (Å²) in [5.41, 5.74) is 0.341. The molecule has 22 heavy (non-hydrogen) atoms. The molecule has 0 aliphatic heterocycles. The van der Waals surface area contributed by atoms with Gasteiger partial charge in [0, 0.05) is 6.26 Å². The van der Waals surface area contributed by atoms with E-state index in [0.717, 1.165) is 24.5 Å². The van der Waals surface area contributed by atoms with Gasteiger partial charge in [0.25, 0.3) is 0 Å². The third kappa shape index (κ3) is 4.11. The van der Waals surface area contributed by atoms with Crippen molar-refractivity contribution in [2.75, 3.05) is 11.6 Å². The number of nitrogens with one attached hydrogen (secondary N) is 1. The molecule has 0 aromatic heterocycles. The van der Waals surface area contributed by atoms with Crippen molar-refractivity contribution in [3.05, 3.63) is 59.7 Å². The van der Waals surface area contributed by atoms with Gasteiger partial charge in [0.2, 0.25) is 5.91 Å². The Hall–Kier alpha value is -2.28.